The molecule has 1 N–H and O–H groups in total. The maximum atomic E-state index is 9.76. The van der Waals surface area contributed by atoms with Crippen molar-refractivity contribution in [3.63, 3.8) is 0 Å². The van der Waals surface area contributed by atoms with Gasteiger partial charge in [-0.3, -0.25) is 0 Å². The number of benzene rings is 1. The fourth-order valence-electron chi connectivity index (χ4n) is 3.65. The molecule has 1 saturated heterocycles. The van der Waals surface area contributed by atoms with Crippen molar-refractivity contribution in [2.24, 2.45) is 0 Å². The molecule has 0 saturated carbocycles. The van der Waals surface area contributed by atoms with Crippen molar-refractivity contribution in [3.8, 4) is 11.8 Å². The van der Waals surface area contributed by atoms with Gasteiger partial charge >= 0.3 is 0 Å². The molecule has 0 amide bonds. The molecule has 1 aromatic carbocycles. The van der Waals surface area contributed by atoms with Crippen molar-refractivity contribution in [3.05, 3.63) is 65.6 Å². The Bertz CT molecular complexity index is 1020. The molecule has 0 spiro atoms. The molecular formula is C23H27N5O2. The summed E-state index contributed by atoms with van der Waals surface area (Å²) in [6, 6.07) is 10.2. The highest BCUT2D eigenvalue weighted by atomic mass is 16.5. The van der Waals surface area contributed by atoms with Gasteiger partial charge in [0.2, 0.25) is 5.76 Å². The Kier molecular flexibility index (Phi) is 6.17. The average Bonchev–Trinajstić information content (AvgIpc) is 3.42. The second-order valence-corrected chi connectivity index (χ2v) is 7.49. The van der Waals surface area contributed by atoms with Gasteiger partial charge in [0.25, 0.3) is 0 Å². The van der Waals surface area contributed by atoms with Crippen LogP contribution in [0.3, 0.4) is 0 Å². The van der Waals surface area contributed by atoms with Gasteiger partial charge in [-0.25, -0.2) is 4.98 Å². The Hall–Kier alpha value is -3.08. The fraction of sp³-hybridized carbons (Fsp3) is 0.391. The molecule has 0 radical (unpaired) electrons. The van der Waals surface area contributed by atoms with E-state index in [9.17, 15) is 5.11 Å². The SMILES string of the molecule is CCN1CCN(c2ccc(C#Cc3cc(Cn4ccnc4C(C)O)no3)cc2)CC1. The van der Waals surface area contributed by atoms with Crippen molar-refractivity contribution in [2.45, 2.75) is 26.5 Å². The topological polar surface area (TPSA) is 70.6 Å². The minimum absolute atomic E-state index is 0.478. The molecule has 2 aromatic heterocycles. The van der Waals surface area contributed by atoms with Gasteiger partial charge in [0.05, 0.1) is 6.54 Å². The maximum Gasteiger partial charge on any atom is 0.210 e. The largest absolute Gasteiger partial charge is 0.385 e. The van der Waals surface area contributed by atoms with Crippen LogP contribution in [0.15, 0.2) is 47.2 Å². The highest BCUT2D eigenvalue weighted by Crippen LogP contribution is 2.17. The minimum atomic E-state index is -0.635. The normalized spacial score (nSPS) is 15.6. The van der Waals surface area contributed by atoms with Crippen LogP contribution in [0.4, 0.5) is 5.69 Å². The van der Waals surface area contributed by atoms with Crippen molar-refractivity contribution in [1.29, 1.82) is 0 Å². The first-order valence-electron chi connectivity index (χ1n) is 10.4. The van der Waals surface area contributed by atoms with E-state index in [0.29, 0.717) is 18.1 Å². The smallest absolute Gasteiger partial charge is 0.210 e. The third-order valence-electron chi connectivity index (χ3n) is 5.39. The second-order valence-electron chi connectivity index (χ2n) is 7.49. The van der Waals surface area contributed by atoms with Crippen molar-refractivity contribution < 1.29 is 9.63 Å². The Morgan fingerprint density at radius 1 is 1.13 bits per heavy atom. The number of aromatic nitrogens is 3. The molecule has 1 aliphatic rings. The number of anilines is 1. The van der Waals surface area contributed by atoms with Crippen LogP contribution in [-0.2, 0) is 6.54 Å². The third-order valence-corrected chi connectivity index (χ3v) is 5.39. The van der Waals surface area contributed by atoms with Crippen LogP contribution in [0, 0.1) is 11.8 Å². The number of nitrogens with zero attached hydrogens (tertiary/aromatic N) is 5. The zero-order valence-electron chi connectivity index (χ0n) is 17.5. The summed E-state index contributed by atoms with van der Waals surface area (Å²) in [4.78, 5) is 9.06. The molecule has 1 unspecified atom stereocenters. The summed E-state index contributed by atoms with van der Waals surface area (Å²) in [5.74, 6) is 7.29. The van der Waals surface area contributed by atoms with E-state index in [1.807, 2.05) is 29.0 Å². The quantitative estimate of drug-likeness (QED) is 0.658. The molecule has 0 aliphatic carbocycles. The van der Waals surface area contributed by atoms with Crippen LogP contribution >= 0.6 is 0 Å². The van der Waals surface area contributed by atoms with Gasteiger partial charge in [0, 0.05) is 55.9 Å². The van der Waals surface area contributed by atoms with E-state index in [4.69, 9.17) is 4.52 Å². The lowest BCUT2D eigenvalue weighted by Crippen LogP contribution is -2.46. The monoisotopic (exact) mass is 405 g/mol. The Morgan fingerprint density at radius 3 is 2.60 bits per heavy atom. The molecule has 7 nitrogen and oxygen atoms in total. The number of hydrogen-bond donors (Lipinski definition) is 1. The fourth-order valence-corrected chi connectivity index (χ4v) is 3.65. The van der Waals surface area contributed by atoms with Gasteiger partial charge in [0.15, 0.2) is 0 Å². The molecule has 30 heavy (non-hydrogen) atoms. The van der Waals surface area contributed by atoms with Gasteiger partial charge in [-0.15, -0.1) is 0 Å². The first kappa shape index (κ1) is 20.2. The predicted octanol–water partition coefficient (Wildman–Crippen LogP) is 2.51. The summed E-state index contributed by atoms with van der Waals surface area (Å²) in [5, 5.41) is 13.8. The molecule has 156 valence electrons. The predicted molar refractivity (Wildman–Crippen MR) is 115 cm³/mol. The van der Waals surface area contributed by atoms with E-state index in [2.05, 4.69) is 50.8 Å². The molecule has 1 aliphatic heterocycles. The lowest BCUT2D eigenvalue weighted by molar-refractivity contribution is 0.184. The second kappa shape index (κ2) is 9.16. The Morgan fingerprint density at radius 2 is 1.90 bits per heavy atom. The van der Waals surface area contributed by atoms with Gasteiger partial charge < -0.3 is 24.0 Å². The maximum absolute atomic E-state index is 9.76. The van der Waals surface area contributed by atoms with E-state index in [1.54, 1.807) is 13.1 Å². The molecule has 1 atom stereocenters. The van der Waals surface area contributed by atoms with Gasteiger partial charge in [-0.1, -0.05) is 18.0 Å². The van der Waals surface area contributed by atoms with Crippen LogP contribution in [0.5, 0.6) is 0 Å². The zero-order chi connectivity index (χ0) is 20.9. The molecule has 7 heteroatoms. The van der Waals surface area contributed by atoms with Crippen LogP contribution in [-0.4, -0.2) is 57.4 Å². The number of likely N-dealkylation sites (N-methyl/N-ethyl adjacent to an activating group) is 1. The average molecular weight is 406 g/mol. The molecular weight excluding hydrogens is 378 g/mol. The molecule has 1 fully saturated rings. The highest BCUT2D eigenvalue weighted by Gasteiger charge is 2.15. The lowest BCUT2D eigenvalue weighted by Gasteiger charge is -2.35. The summed E-state index contributed by atoms with van der Waals surface area (Å²) < 4.78 is 7.19. The number of piperazine rings is 1. The van der Waals surface area contributed by atoms with Crippen LogP contribution < -0.4 is 4.90 Å². The van der Waals surface area contributed by atoms with Crippen molar-refractivity contribution in [2.75, 3.05) is 37.6 Å². The number of rotatable bonds is 5. The molecule has 4 rings (SSSR count). The summed E-state index contributed by atoms with van der Waals surface area (Å²) in [5.41, 5.74) is 2.92. The summed E-state index contributed by atoms with van der Waals surface area (Å²) >= 11 is 0. The lowest BCUT2D eigenvalue weighted by atomic mass is 10.1. The number of aliphatic hydroxyl groups is 1. The van der Waals surface area contributed by atoms with Gasteiger partial charge in [0.1, 0.15) is 17.6 Å². The van der Waals surface area contributed by atoms with E-state index in [-0.39, 0.29) is 0 Å². The van der Waals surface area contributed by atoms with E-state index in [0.717, 1.165) is 44.0 Å². The zero-order valence-corrected chi connectivity index (χ0v) is 17.5. The van der Waals surface area contributed by atoms with Gasteiger partial charge in [-0.05, 0) is 43.7 Å². The number of aliphatic hydroxyl groups excluding tert-OH is 1. The molecule has 3 heterocycles. The van der Waals surface area contributed by atoms with Crippen LogP contribution in [0.2, 0.25) is 0 Å². The van der Waals surface area contributed by atoms with Crippen molar-refractivity contribution >= 4 is 5.69 Å². The molecule has 3 aromatic rings. The Labute approximate surface area is 176 Å². The first-order valence-corrected chi connectivity index (χ1v) is 10.4. The Balaban J connectivity index is 1.38. The van der Waals surface area contributed by atoms with Gasteiger partial charge in [-0.2, -0.15) is 0 Å². The number of hydrogen-bond acceptors (Lipinski definition) is 6. The third kappa shape index (κ3) is 4.73. The van der Waals surface area contributed by atoms with Crippen molar-refractivity contribution in [1.82, 2.24) is 19.6 Å². The van der Waals surface area contributed by atoms with Crippen LogP contribution in [0.1, 0.15) is 42.8 Å². The highest BCUT2D eigenvalue weighted by molar-refractivity contribution is 5.51. The van der Waals surface area contributed by atoms with E-state index < -0.39 is 6.10 Å². The van der Waals surface area contributed by atoms with E-state index in [1.165, 1.54) is 5.69 Å². The van der Waals surface area contributed by atoms with E-state index >= 15 is 0 Å². The number of imidazole rings is 1. The summed E-state index contributed by atoms with van der Waals surface area (Å²) in [6.07, 6.45) is 2.84. The van der Waals surface area contributed by atoms with Crippen LogP contribution in [0.25, 0.3) is 0 Å². The summed E-state index contributed by atoms with van der Waals surface area (Å²) in [7, 11) is 0. The minimum Gasteiger partial charge on any atom is -0.385 e. The first-order chi connectivity index (χ1) is 14.6. The standard InChI is InChI=1S/C23H27N5O2/c1-3-26-12-14-27(15-13-26)21-7-4-19(5-8-21)6-9-22-16-20(25-30-22)17-28-11-10-24-23(28)18(2)29/h4-5,7-8,10-11,16,18,29H,3,12-15,17H2,1-2H3. The summed E-state index contributed by atoms with van der Waals surface area (Å²) in [6.45, 7) is 9.86. The molecule has 0 bridgehead atoms.